The maximum atomic E-state index is 12.3. The number of hydrogen-bond donors (Lipinski definition) is 12. The quantitative estimate of drug-likeness (QED) is 0.0209. The summed E-state index contributed by atoms with van der Waals surface area (Å²) in [5.41, 5.74) is 17.8. The number of halogens is 1. The largest absolute Gasteiger partial charge is 0.490 e. The molecule has 5 heterocycles. The van der Waals surface area contributed by atoms with Gasteiger partial charge in [0.15, 0.2) is 6.10 Å². The smallest absolute Gasteiger partial charge is 0.426 e. The summed E-state index contributed by atoms with van der Waals surface area (Å²) in [6.07, 6.45) is -2.87. The number of urea groups is 2. The third-order valence-electron chi connectivity index (χ3n) is 8.82. The van der Waals surface area contributed by atoms with Crippen LogP contribution in [0.2, 0.25) is 0 Å². The number of fused-ring (bicyclic) bond motifs is 1. The third-order valence-corrected chi connectivity index (χ3v) is 17.5. The maximum Gasteiger partial charge on any atom is 0.490 e. The zero-order chi connectivity index (χ0) is 60.4. The van der Waals surface area contributed by atoms with Crippen molar-refractivity contribution in [3.63, 3.8) is 0 Å². The Morgan fingerprint density at radius 3 is 1.55 bits per heavy atom. The van der Waals surface area contributed by atoms with E-state index in [1.54, 1.807) is 38.1 Å². The van der Waals surface area contributed by atoms with E-state index in [1.807, 2.05) is 0 Å². The topological polar surface area (TPSA) is 628 Å². The average molecular weight is 1310 g/mol. The van der Waals surface area contributed by atoms with Crippen molar-refractivity contribution in [3.05, 3.63) is 75.3 Å². The van der Waals surface area contributed by atoms with Crippen LogP contribution in [0.4, 0.5) is 9.59 Å². The fourth-order valence-electron chi connectivity index (χ4n) is 6.02. The van der Waals surface area contributed by atoms with E-state index < -0.39 is 135 Å². The minimum absolute atomic E-state index is 0.00878. The van der Waals surface area contributed by atoms with E-state index in [4.69, 9.17) is 71.5 Å². The van der Waals surface area contributed by atoms with E-state index >= 15 is 0 Å². The summed E-state index contributed by atoms with van der Waals surface area (Å²) in [6.45, 7) is 1.61. The third kappa shape index (κ3) is 24.8. The first-order valence-corrected chi connectivity index (χ1v) is 31.9. The van der Waals surface area contributed by atoms with Crippen molar-refractivity contribution < 1.29 is 140 Å². The van der Waals surface area contributed by atoms with Crippen LogP contribution in [-0.4, -0.2) is 142 Å². The SMILES string of the molecule is CC(C)=NO[C@@H]1C[C@H](N2C=CC(N=[N+]=[N-])NC2=O)O[C@@H]1COP(=O)(O)OP(=O)(O)OP(=O)(O)O.CON.O=C1OP(Cl)Oc2ccccc21.[N-]=[N+]=NC1C=CN([C@H]2C[C@@H](ON)[C@@H](COP(=O)(O)OP(=O)(O)OP(=O)(O)O)O2)C(=O)N1. The minimum atomic E-state index is -5.69. The number of hydrogen-bond acceptors (Lipinski definition) is 27. The summed E-state index contributed by atoms with van der Waals surface area (Å²) in [5, 5.41) is 15.1. The Balaban J connectivity index is 0.000000334. The van der Waals surface area contributed by atoms with Gasteiger partial charge in [-0.1, -0.05) is 27.5 Å². The predicted molar refractivity (Wildman–Crippen MR) is 260 cm³/mol. The molecule has 4 amide bonds. The van der Waals surface area contributed by atoms with Crippen LogP contribution >= 0.6 is 65.9 Å². The normalized spacial score (nSPS) is 27.1. The highest BCUT2D eigenvalue weighted by Gasteiger charge is 2.47. The first-order chi connectivity index (χ1) is 37.0. The van der Waals surface area contributed by atoms with Crippen molar-refractivity contribution in [2.24, 2.45) is 27.2 Å². The molecule has 43 nitrogen and oxygen atoms in total. The molecule has 0 bridgehead atoms. The van der Waals surface area contributed by atoms with Gasteiger partial charge in [0.05, 0.1) is 26.0 Å². The molecule has 80 heavy (non-hydrogen) atoms. The van der Waals surface area contributed by atoms with E-state index in [2.05, 4.69) is 82.2 Å². The molecule has 7 unspecified atom stereocenters. The number of phosphoric acid groups is 6. The number of azide groups is 2. The van der Waals surface area contributed by atoms with Gasteiger partial charge in [0, 0.05) is 35.1 Å². The number of nitrogens with one attached hydrogen (secondary N) is 2. The molecule has 14 N–H and O–H groups in total. The molecule has 5 aliphatic heterocycles. The molecule has 2 saturated heterocycles. The molecule has 5 aliphatic rings. The number of oxime groups is 1. The van der Waals surface area contributed by atoms with E-state index in [0.717, 1.165) is 9.80 Å². The zero-order valence-electron chi connectivity index (χ0n) is 40.3. The average Bonchev–Trinajstić information content (AvgIpc) is 3.92. The van der Waals surface area contributed by atoms with Crippen molar-refractivity contribution in [1.82, 2.24) is 20.4 Å². The Hall–Kier alpha value is -4.10. The lowest BCUT2D eigenvalue weighted by Gasteiger charge is -2.29. The molecule has 1 aromatic carbocycles. The lowest BCUT2D eigenvalue weighted by atomic mass is 10.2. The van der Waals surface area contributed by atoms with Gasteiger partial charge in [0.25, 0.3) is 0 Å². The molecule has 13 atom stereocenters. The molecular weight excluding hydrogens is 1260 g/mol. The molecule has 6 rings (SSSR count). The number of carbonyl (C=O) groups is 3. The molecule has 0 aromatic heterocycles. The van der Waals surface area contributed by atoms with E-state index in [9.17, 15) is 56.5 Å². The number of amides is 4. The van der Waals surface area contributed by atoms with Gasteiger partial charge in [0.2, 0.25) is 0 Å². The fraction of sp³-hybridized carbons (Fsp3) is 0.517. The van der Waals surface area contributed by atoms with Crippen molar-refractivity contribution in [2.45, 2.75) is 75.9 Å². The van der Waals surface area contributed by atoms with Crippen molar-refractivity contribution in [1.29, 1.82) is 0 Å². The number of para-hydroxylation sites is 1. The second-order valence-electron chi connectivity index (χ2n) is 15.0. The summed E-state index contributed by atoms with van der Waals surface area (Å²) in [6, 6.07) is 5.45. The second-order valence-corrected chi connectivity index (χ2v) is 25.4. The number of nitrogens with zero attached hydrogens (tertiary/aromatic N) is 9. The zero-order valence-corrected chi connectivity index (χ0v) is 47.3. The Morgan fingerprint density at radius 1 is 0.725 bits per heavy atom. The standard InChI is InChI=1S/C12H21N6O13P3.C9H17N6O13P3.C7H4ClO3P.CH5NO/c1-7(2)16-29-8-5-11(18-4-3-10(15-17-13)14-12(18)19)28-9(8)6-27-33(23,24)31-34(25,26)30-32(20,21)22;10-14-13-7-1-2-15(9(16)12-7)8-3-5(26-11)6(25-8)4-24-30(20,21)28-31(22,23)27-29(17,18)19;8-12-10-6-4-2-1-3-5(6)7(9)11-12;1-3-2/h3-4,8-11H,5-6H2,1-2H3,(H,14,19)(H,23,24)(H,25,26)(H2,20,21,22);1-2,5-8H,3-4,11H2,(H,12,16)(H,20,21)(H,22,23)(H2,17,18,19);1-4H;2H2,1H3/t8-,9-,10?,11-;5-,6-,7?,8-;;/m11../s1. The van der Waals surface area contributed by atoms with E-state index in [0.29, 0.717) is 17.0 Å². The first-order valence-electron chi connectivity index (χ1n) is 20.8. The molecule has 450 valence electrons. The molecule has 0 aliphatic carbocycles. The van der Waals surface area contributed by atoms with Gasteiger partial charge in [-0.25, -0.2) is 53.6 Å². The number of carbonyl (C=O) groups excluding carboxylic acids is 3. The van der Waals surface area contributed by atoms with Gasteiger partial charge >= 0.3 is 72.7 Å². The summed E-state index contributed by atoms with van der Waals surface area (Å²) in [7, 11) is -33.4. The number of nitrogens with two attached hydrogens (primary N) is 2. The fourth-order valence-corrected chi connectivity index (χ4v) is 13.1. The van der Waals surface area contributed by atoms with Crippen molar-refractivity contribution in [3.8, 4) is 5.75 Å². The Bertz CT molecular complexity index is 2840. The van der Waals surface area contributed by atoms with Crippen LogP contribution in [-0.2, 0) is 82.2 Å². The predicted octanol–water partition coefficient (Wildman–Crippen LogP) is 3.49. The summed E-state index contributed by atoms with van der Waals surface area (Å²) in [5.74, 6) is 9.56. The van der Waals surface area contributed by atoms with Crippen molar-refractivity contribution in [2.75, 3.05) is 20.3 Å². The Morgan fingerprint density at radius 2 is 1.15 bits per heavy atom. The van der Waals surface area contributed by atoms with E-state index in [-0.39, 0.29) is 12.8 Å². The highest BCUT2D eigenvalue weighted by molar-refractivity contribution is 7.76. The Kier molecular flexibility index (Phi) is 27.2. The second kappa shape index (κ2) is 31.0. The number of ether oxygens (including phenoxy) is 2. The maximum absolute atomic E-state index is 12.3. The van der Waals surface area contributed by atoms with Gasteiger partial charge in [0.1, 0.15) is 54.4 Å². The molecular formula is C29H47ClN13O30P7. The minimum Gasteiger partial charge on any atom is -0.426 e. The van der Waals surface area contributed by atoms with E-state index in [1.165, 1.54) is 31.7 Å². The Labute approximate surface area is 453 Å². The van der Waals surface area contributed by atoms with Crippen LogP contribution in [0.1, 0.15) is 37.0 Å². The van der Waals surface area contributed by atoms with Crippen molar-refractivity contribution >= 4 is 89.6 Å². The molecule has 1 aromatic rings. The summed E-state index contributed by atoms with van der Waals surface area (Å²) < 4.78 is 112. The highest BCUT2D eigenvalue weighted by Crippen LogP contribution is 2.67. The highest BCUT2D eigenvalue weighted by atomic mass is 35.7. The van der Waals surface area contributed by atoms with Crippen LogP contribution < -0.4 is 27.0 Å². The van der Waals surface area contributed by atoms with Gasteiger partial charge in [-0.3, -0.25) is 23.7 Å². The lowest BCUT2D eigenvalue weighted by molar-refractivity contribution is -0.0670. The lowest BCUT2D eigenvalue weighted by Crippen LogP contribution is -2.49. The van der Waals surface area contributed by atoms with Crippen LogP contribution in [0.5, 0.6) is 5.75 Å². The monoisotopic (exact) mass is 1310 g/mol. The molecule has 2 fully saturated rings. The van der Waals surface area contributed by atoms with Gasteiger partial charge < -0.3 is 78.0 Å². The van der Waals surface area contributed by atoms with Gasteiger partial charge in [-0.05, 0) is 60.4 Å². The molecule has 51 heteroatoms. The van der Waals surface area contributed by atoms with Gasteiger partial charge in [-0.15, -0.1) is 0 Å². The number of rotatable bonds is 21. The molecule has 0 radical (unpaired) electrons. The van der Waals surface area contributed by atoms with Gasteiger partial charge in [-0.2, -0.15) is 17.2 Å². The summed E-state index contributed by atoms with van der Waals surface area (Å²) >= 11 is 5.54. The van der Waals surface area contributed by atoms with Crippen LogP contribution in [0.25, 0.3) is 20.9 Å². The van der Waals surface area contributed by atoms with Crippen LogP contribution in [0.15, 0.2) is 64.2 Å². The summed E-state index contributed by atoms with van der Waals surface area (Å²) in [4.78, 5) is 128. The molecule has 0 saturated carbocycles. The number of phosphoric ester groups is 2. The number of benzene rings is 1. The first kappa shape index (κ1) is 70.2. The molecule has 0 spiro atoms. The van der Waals surface area contributed by atoms with Crippen LogP contribution in [0, 0.1) is 0 Å². The van der Waals surface area contributed by atoms with Crippen LogP contribution in [0.3, 0.4) is 0 Å².